The van der Waals surface area contributed by atoms with Crippen molar-refractivity contribution in [1.82, 2.24) is 19.5 Å². The van der Waals surface area contributed by atoms with E-state index in [-0.39, 0.29) is 17.7 Å². The smallest absolute Gasteiger partial charge is 0.286 e. The lowest BCUT2D eigenvalue weighted by Crippen LogP contribution is -2.20. The third kappa shape index (κ3) is 3.55. The number of anilines is 1. The minimum Gasteiger partial charge on any atom is -0.366 e. The number of carbonyl (C=O) groups is 2. The summed E-state index contributed by atoms with van der Waals surface area (Å²) in [7, 11) is 0. The number of hydrogen-bond donors (Lipinski definition) is 3. The van der Waals surface area contributed by atoms with Crippen molar-refractivity contribution in [2.75, 3.05) is 5.32 Å². The molecule has 0 spiro atoms. The standard InChI is InChI=1S/C21H19N7O2/c1-12-10-15-14(17(22)29)8-5-9-16(15)28(12)21-26-19(18(23)30)25-20(27-21)24-11-13-6-3-2-4-7-13/h2-10H,11H2,1H3,(H2,22,29)(H2,23,30)(H,24,25,26,27). The number of nitrogens with two attached hydrogens (primary N) is 2. The van der Waals surface area contributed by atoms with Crippen molar-refractivity contribution in [1.29, 1.82) is 0 Å². The van der Waals surface area contributed by atoms with Gasteiger partial charge in [0.15, 0.2) is 0 Å². The Hall–Kier alpha value is -4.27. The third-order valence-electron chi connectivity index (χ3n) is 4.63. The van der Waals surface area contributed by atoms with E-state index in [1.165, 1.54) is 0 Å². The van der Waals surface area contributed by atoms with E-state index in [1.54, 1.807) is 16.7 Å². The van der Waals surface area contributed by atoms with Gasteiger partial charge in [0.25, 0.3) is 5.91 Å². The molecule has 2 amide bonds. The van der Waals surface area contributed by atoms with E-state index in [1.807, 2.05) is 49.4 Å². The van der Waals surface area contributed by atoms with Gasteiger partial charge in [-0.2, -0.15) is 15.0 Å². The van der Waals surface area contributed by atoms with Gasteiger partial charge in [0, 0.05) is 23.2 Å². The van der Waals surface area contributed by atoms with Crippen LogP contribution in [0.5, 0.6) is 0 Å². The van der Waals surface area contributed by atoms with Crippen LogP contribution in [0.1, 0.15) is 32.2 Å². The molecular formula is C21H19N7O2. The van der Waals surface area contributed by atoms with Gasteiger partial charge >= 0.3 is 0 Å². The average Bonchev–Trinajstić information content (AvgIpc) is 3.08. The number of rotatable bonds is 6. The normalized spacial score (nSPS) is 10.8. The first-order valence-electron chi connectivity index (χ1n) is 9.19. The fraction of sp³-hybridized carbons (Fsp3) is 0.0952. The van der Waals surface area contributed by atoms with E-state index >= 15 is 0 Å². The molecule has 4 aromatic rings. The number of benzene rings is 2. The van der Waals surface area contributed by atoms with Gasteiger partial charge < -0.3 is 16.8 Å². The molecule has 150 valence electrons. The summed E-state index contributed by atoms with van der Waals surface area (Å²) in [6.07, 6.45) is 0. The summed E-state index contributed by atoms with van der Waals surface area (Å²) in [6.45, 7) is 2.30. The van der Waals surface area contributed by atoms with E-state index in [0.29, 0.717) is 23.0 Å². The predicted octanol–water partition coefficient (Wildman–Crippen LogP) is 1.93. The van der Waals surface area contributed by atoms with Crippen LogP contribution in [-0.2, 0) is 6.54 Å². The highest BCUT2D eigenvalue weighted by Gasteiger charge is 2.18. The molecule has 30 heavy (non-hydrogen) atoms. The van der Waals surface area contributed by atoms with E-state index in [9.17, 15) is 9.59 Å². The van der Waals surface area contributed by atoms with E-state index in [4.69, 9.17) is 11.5 Å². The van der Waals surface area contributed by atoms with Crippen LogP contribution in [0, 0.1) is 6.92 Å². The first-order chi connectivity index (χ1) is 14.4. The van der Waals surface area contributed by atoms with Crippen molar-refractivity contribution in [3.63, 3.8) is 0 Å². The first kappa shape index (κ1) is 19.1. The first-order valence-corrected chi connectivity index (χ1v) is 9.19. The second kappa shape index (κ2) is 7.63. The summed E-state index contributed by atoms with van der Waals surface area (Å²) in [4.78, 5) is 36.4. The quantitative estimate of drug-likeness (QED) is 0.451. The van der Waals surface area contributed by atoms with Gasteiger partial charge in [-0.3, -0.25) is 14.2 Å². The predicted molar refractivity (Wildman–Crippen MR) is 112 cm³/mol. The molecule has 9 nitrogen and oxygen atoms in total. The molecule has 0 aliphatic rings. The zero-order chi connectivity index (χ0) is 21.3. The summed E-state index contributed by atoms with van der Waals surface area (Å²) >= 11 is 0. The van der Waals surface area contributed by atoms with Crippen molar-refractivity contribution in [2.45, 2.75) is 13.5 Å². The van der Waals surface area contributed by atoms with Crippen LogP contribution in [0.3, 0.4) is 0 Å². The van der Waals surface area contributed by atoms with E-state index < -0.39 is 11.8 Å². The SMILES string of the molecule is Cc1cc2c(C(N)=O)cccc2n1-c1nc(NCc2ccccc2)nc(C(N)=O)n1. The van der Waals surface area contributed by atoms with E-state index in [0.717, 1.165) is 11.3 Å². The molecule has 5 N–H and O–H groups in total. The van der Waals surface area contributed by atoms with Gasteiger partial charge in [-0.25, -0.2) is 0 Å². The fourth-order valence-corrected chi connectivity index (χ4v) is 3.27. The van der Waals surface area contributed by atoms with Gasteiger partial charge in [-0.15, -0.1) is 0 Å². The summed E-state index contributed by atoms with van der Waals surface area (Å²) in [5, 5.41) is 3.77. The minimum absolute atomic E-state index is 0.164. The Morgan fingerprint density at radius 1 is 0.967 bits per heavy atom. The summed E-state index contributed by atoms with van der Waals surface area (Å²) in [6, 6.07) is 16.7. The number of carbonyl (C=O) groups excluding carboxylic acids is 2. The Bertz CT molecular complexity index is 1270. The van der Waals surface area contributed by atoms with Crippen molar-refractivity contribution in [2.24, 2.45) is 11.5 Å². The van der Waals surface area contributed by atoms with Gasteiger partial charge in [-0.05, 0) is 30.7 Å². The van der Waals surface area contributed by atoms with E-state index in [2.05, 4.69) is 20.3 Å². The molecular weight excluding hydrogens is 382 g/mol. The molecule has 0 aliphatic heterocycles. The molecule has 4 rings (SSSR count). The van der Waals surface area contributed by atoms with Crippen molar-refractivity contribution in [3.8, 4) is 5.95 Å². The maximum atomic E-state index is 11.8. The van der Waals surface area contributed by atoms with Crippen LogP contribution >= 0.6 is 0 Å². The highest BCUT2D eigenvalue weighted by Crippen LogP contribution is 2.25. The molecule has 2 heterocycles. The Morgan fingerprint density at radius 2 is 1.73 bits per heavy atom. The summed E-state index contributed by atoms with van der Waals surface area (Å²) in [5.41, 5.74) is 13.8. The molecule has 0 fully saturated rings. The zero-order valence-corrected chi connectivity index (χ0v) is 16.2. The van der Waals surface area contributed by atoms with Gasteiger partial charge in [0.1, 0.15) is 0 Å². The maximum Gasteiger partial charge on any atom is 0.286 e. The zero-order valence-electron chi connectivity index (χ0n) is 16.2. The maximum absolute atomic E-state index is 11.8. The molecule has 0 saturated heterocycles. The Morgan fingerprint density at radius 3 is 2.43 bits per heavy atom. The average molecular weight is 401 g/mol. The Balaban J connectivity index is 1.81. The highest BCUT2D eigenvalue weighted by molar-refractivity contribution is 6.06. The molecule has 0 radical (unpaired) electrons. The van der Waals surface area contributed by atoms with Crippen LogP contribution in [0.15, 0.2) is 54.6 Å². The molecule has 0 aliphatic carbocycles. The van der Waals surface area contributed by atoms with Crippen LogP contribution in [0.25, 0.3) is 16.9 Å². The molecule has 0 saturated carbocycles. The molecule has 0 atom stereocenters. The van der Waals surface area contributed by atoms with Crippen molar-refractivity contribution >= 4 is 28.7 Å². The molecule has 0 unspecified atom stereocenters. The number of amides is 2. The number of hydrogen-bond acceptors (Lipinski definition) is 6. The molecule has 0 bridgehead atoms. The van der Waals surface area contributed by atoms with Gasteiger partial charge in [0.2, 0.25) is 23.6 Å². The highest BCUT2D eigenvalue weighted by atomic mass is 16.1. The van der Waals surface area contributed by atoms with Gasteiger partial charge in [0.05, 0.1) is 5.52 Å². The number of primary amides is 2. The largest absolute Gasteiger partial charge is 0.366 e. The second-order valence-corrected chi connectivity index (χ2v) is 6.71. The molecule has 2 aromatic heterocycles. The topological polar surface area (TPSA) is 142 Å². The van der Waals surface area contributed by atoms with Crippen LogP contribution < -0.4 is 16.8 Å². The van der Waals surface area contributed by atoms with Crippen molar-refractivity contribution in [3.05, 3.63) is 77.2 Å². The van der Waals surface area contributed by atoms with Gasteiger partial charge in [-0.1, -0.05) is 36.4 Å². The lowest BCUT2D eigenvalue weighted by Gasteiger charge is -2.11. The monoisotopic (exact) mass is 401 g/mol. The number of fused-ring (bicyclic) bond motifs is 1. The van der Waals surface area contributed by atoms with Crippen molar-refractivity contribution < 1.29 is 9.59 Å². The Kier molecular flexibility index (Phi) is 4.85. The van der Waals surface area contributed by atoms with Crippen LogP contribution in [0.2, 0.25) is 0 Å². The lowest BCUT2D eigenvalue weighted by molar-refractivity contribution is 0.0986. The Labute approximate surface area is 171 Å². The van der Waals surface area contributed by atoms with Crippen LogP contribution in [-0.4, -0.2) is 31.3 Å². The van der Waals surface area contributed by atoms with Crippen LogP contribution in [0.4, 0.5) is 5.95 Å². The minimum atomic E-state index is -0.770. The molecule has 9 heteroatoms. The number of aromatic nitrogens is 4. The lowest BCUT2D eigenvalue weighted by atomic mass is 10.1. The summed E-state index contributed by atoms with van der Waals surface area (Å²) in [5.74, 6) is -1.04. The summed E-state index contributed by atoms with van der Waals surface area (Å²) < 4.78 is 1.73. The fourth-order valence-electron chi connectivity index (χ4n) is 3.27. The third-order valence-corrected chi connectivity index (χ3v) is 4.63. The number of aryl methyl sites for hydroxylation is 1. The molecule has 2 aromatic carbocycles. The number of nitrogens with zero attached hydrogens (tertiary/aromatic N) is 4. The number of nitrogens with one attached hydrogen (secondary N) is 1. The second-order valence-electron chi connectivity index (χ2n) is 6.71.